The average Bonchev–Trinajstić information content (AvgIpc) is 3.03. The van der Waals surface area contributed by atoms with Crippen molar-refractivity contribution < 1.29 is 9.72 Å². The molecule has 112 valence electrons. The van der Waals surface area contributed by atoms with Crippen molar-refractivity contribution in [1.82, 2.24) is 0 Å². The third kappa shape index (κ3) is 2.51. The number of fused-ring (bicyclic) bond motifs is 1. The number of hydrogen-bond acceptors (Lipinski definition) is 4. The molecule has 0 bridgehead atoms. The Hall–Kier alpha value is -1.51. The van der Waals surface area contributed by atoms with E-state index in [9.17, 15) is 14.9 Å². The van der Waals surface area contributed by atoms with Crippen LogP contribution in [0.2, 0.25) is 0 Å². The van der Waals surface area contributed by atoms with Gasteiger partial charge in [0.15, 0.2) is 0 Å². The van der Waals surface area contributed by atoms with E-state index in [-0.39, 0.29) is 10.9 Å². The predicted molar refractivity (Wildman–Crippen MR) is 94.1 cm³/mol. The van der Waals surface area contributed by atoms with Gasteiger partial charge in [0.25, 0.3) is 5.91 Å². The van der Waals surface area contributed by atoms with Crippen molar-refractivity contribution in [2.45, 2.75) is 6.92 Å². The van der Waals surface area contributed by atoms with Crippen LogP contribution in [0.1, 0.15) is 16.7 Å². The van der Waals surface area contributed by atoms with E-state index in [0.29, 0.717) is 11.1 Å². The molecule has 0 spiro atoms. The van der Waals surface area contributed by atoms with Gasteiger partial charge in [0.05, 0.1) is 10.6 Å². The van der Waals surface area contributed by atoms with Gasteiger partial charge >= 0.3 is 5.00 Å². The summed E-state index contributed by atoms with van der Waals surface area (Å²) < 4.78 is 1.67. The Balaban J connectivity index is 2.15. The van der Waals surface area contributed by atoms with E-state index < -0.39 is 4.92 Å². The van der Waals surface area contributed by atoms with Gasteiger partial charge in [-0.2, -0.15) is 0 Å². The van der Waals surface area contributed by atoms with Gasteiger partial charge in [0.1, 0.15) is 0 Å². The fourth-order valence-electron chi connectivity index (χ4n) is 2.29. The van der Waals surface area contributed by atoms with Crippen LogP contribution in [0.3, 0.4) is 0 Å². The molecule has 22 heavy (non-hydrogen) atoms. The summed E-state index contributed by atoms with van der Waals surface area (Å²) in [6, 6.07) is 3.35. The van der Waals surface area contributed by atoms with Crippen molar-refractivity contribution in [3.8, 4) is 0 Å². The molecule has 1 aliphatic rings. The minimum Gasteiger partial charge on any atom is -0.320 e. The maximum absolute atomic E-state index is 12.2. The lowest BCUT2D eigenvalue weighted by Crippen LogP contribution is -2.03. The van der Waals surface area contributed by atoms with Crippen molar-refractivity contribution in [3.05, 3.63) is 53.3 Å². The molecule has 0 saturated carbocycles. The monoisotopic (exact) mass is 442 g/mol. The fourth-order valence-corrected chi connectivity index (χ4v) is 4.23. The van der Waals surface area contributed by atoms with Crippen LogP contribution in [0.5, 0.6) is 0 Å². The second-order valence-corrected chi connectivity index (χ2v) is 7.30. The van der Waals surface area contributed by atoms with Gasteiger partial charge in [-0.1, -0.05) is 27.3 Å². The van der Waals surface area contributed by atoms with Crippen LogP contribution in [0.25, 0.3) is 11.6 Å². The van der Waals surface area contributed by atoms with Crippen molar-refractivity contribution in [2.75, 3.05) is 5.32 Å². The van der Waals surface area contributed by atoms with Crippen LogP contribution >= 0.6 is 43.2 Å². The highest BCUT2D eigenvalue weighted by Crippen LogP contribution is 2.43. The van der Waals surface area contributed by atoms with Crippen LogP contribution in [0.15, 0.2) is 26.5 Å². The molecule has 0 fully saturated rings. The van der Waals surface area contributed by atoms with Gasteiger partial charge in [-0.3, -0.25) is 14.9 Å². The Labute approximate surface area is 146 Å². The molecule has 1 N–H and O–H groups in total. The molecule has 5 nitrogen and oxygen atoms in total. The van der Waals surface area contributed by atoms with Crippen molar-refractivity contribution in [2.24, 2.45) is 0 Å². The second kappa shape index (κ2) is 5.60. The molecule has 1 amide bonds. The molecule has 0 radical (unpaired) electrons. The number of thiophene rings is 1. The molecule has 0 unspecified atom stereocenters. The predicted octanol–water partition coefficient (Wildman–Crippen LogP) is 4.98. The zero-order chi connectivity index (χ0) is 16.0. The first-order valence-electron chi connectivity index (χ1n) is 6.13. The lowest BCUT2D eigenvalue weighted by atomic mass is 10.00. The SMILES string of the molecule is Cc1c(Br)cc(Br)c2c1C(=Cc1csc([N+](=O)[O-])c1)C(=O)N2. The number of anilines is 1. The summed E-state index contributed by atoms with van der Waals surface area (Å²) in [7, 11) is 0. The molecular weight excluding hydrogens is 436 g/mol. The van der Waals surface area contributed by atoms with Crippen LogP contribution in [-0.2, 0) is 4.79 Å². The molecule has 0 saturated heterocycles. The highest BCUT2D eigenvalue weighted by Gasteiger charge is 2.29. The molecule has 3 rings (SSSR count). The zero-order valence-electron chi connectivity index (χ0n) is 11.1. The number of amides is 1. The molecule has 1 aromatic heterocycles. The van der Waals surface area contributed by atoms with E-state index in [1.165, 1.54) is 6.07 Å². The number of nitrogens with one attached hydrogen (secondary N) is 1. The lowest BCUT2D eigenvalue weighted by Gasteiger charge is -2.08. The van der Waals surface area contributed by atoms with Gasteiger partial charge in [0.2, 0.25) is 0 Å². The Morgan fingerprint density at radius 2 is 2.05 bits per heavy atom. The van der Waals surface area contributed by atoms with Gasteiger partial charge in [0, 0.05) is 31.5 Å². The Morgan fingerprint density at radius 3 is 2.68 bits per heavy atom. The first-order chi connectivity index (χ1) is 10.4. The standard InChI is InChI=1S/C14H8Br2N2O3S/c1-6-9(15)4-10(16)13-12(6)8(14(19)17-13)2-7-3-11(18(20)21)22-5-7/h2-5H,1H3,(H,17,19). The number of carbonyl (C=O) groups excluding carboxylic acids is 1. The van der Waals surface area contributed by atoms with Gasteiger partial charge < -0.3 is 5.32 Å². The Kier molecular flexibility index (Phi) is 3.92. The second-order valence-electron chi connectivity index (χ2n) is 4.70. The number of benzene rings is 1. The molecule has 1 aromatic carbocycles. The summed E-state index contributed by atoms with van der Waals surface area (Å²) in [4.78, 5) is 22.6. The Morgan fingerprint density at radius 1 is 1.32 bits per heavy atom. The molecule has 0 atom stereocenters. The fraction of sp³-hybridized carbons (Fsp3) is 0.0714. The largest absolute Gasteiger partial charge is 0.324 e. The summed E-state index contributed by atoms with van der Waals surface area (Å²) in [6.45, 7) is 1.92. The van der Waals surface area contributed by atoms with E-state index in [0.717, 1.165) is 37.1 Å². The summed E-state index contributed by atoms with van der Waals surface area (Å²) in [5, 5.41) is 15.3. The number of halogens is 2. The smallest absolute Gasteiger partial charge is 0.320 e. The number of nitro groups is 1. The molecule has 2 aromatic rings. The third-order valence-corrected chi connectivity index (χ3v) is 5.67. The van der Waals surface area contributed by atoms with Gasteiger partial charge in [-0.25, -0.2) is 0 Å². The topological polar surface area (TPSA) is 72.2 Å². The summed E-state index contributed by atoms with van der Waals surface area (Å²) in [5.74, 6) is -0.217. The van der Waals surface area contributed by atoms with Crippen LogP contribution in [0, 0.1) is 17.0 Å². The minimum atomic E-state index is -0.437. The van der Waals surface area contributed by atoms with E-state index in [1.54, 1.807) is 11.5 Å². The highest BCUT2D eigenvalue weighted by atomic mass is 79.9. The van der Waals surface area contributed by atoms with E-state index in [4.69, 9.17) is 0 Å². The lowest BCUT2D eigenvalue weighted by molar-refractivity contribution is -0.380. The van der Waals surface area contributed by atoms with Gasteiger partial charge in [-0.15, -0.1) is 0 Å². The minimum absolute atomic E-state index is 0.0534. The van der Waals surface area contributed by atoms with Crippen molar-refractivity contribution in [3.63, 3.8) is 0 Å². The maximum atomic E-state index is 12.2. The normalized spacial score (nSPS) is 15.0. The highest BCUT2D eigenvalue weighted by molar-refractivity contribution is 9.11. The average molecular weight is 444 g/mol. The summed E-state index contributed by atoms with van der Waals surface area (Å²) in [5.41, 5.74) is 3.61. The number of carbonyl (C=O) groups is 1. The van der Waals surface area contributed by atoms with Crippen LogP contribution in [-0.4, -0.2) is 10.8 Å². The van der Waals surface area contributed by atoms with E-state index >= 15 is 0 Å². The third-order valence-electron chi connectivity index (χ3n) is 3.32. The van der Waals surface area contributed by atoms with Crippen LogP contribution in [0.4, 0.5) is 10.7 Å². The van der Waals surface area contributed by atoms with Crippen LogP contribution < -0.4 is 5.32 Å². The first-order valence-corrected chi connectivity index (χ1v) is 8.60. The number of rotatable bonds is 2. The molecule has 0 aliphatic carbocycles. The summed E-state index contributed by atoms with van der Waals surface area (Å²) in [6.07, 6.45) is 1.68. The van der Waals surface area contributed by atoms with E-state index in [1.807, 2.05) is 13.0 Å². The molecular formula is C14H8Br2N2O3S. The number of hydrogen-bond donors (Lipinski definition) is 1. The first kappa shape index (κ1) is 15.4. The number of nitrogens with zero attached hydrogens (tertiary/aromatic N) is 1. The molecule has 2 heterocycles. The zero-order valence-corrected chi connectivity index (χ0v) is 15.1. The quantitative estimate of drug-likeness (QED) is 0.404. The van der Waals surface area contributed by atoms with Crippen molar-refractivity contribution in [1.29, 1.82) is 0 Å². The van der Waals surface area contributed by atoms with Gasteiger partial charge in [-0.05, 0) is 46.1 Å². The van der Waals surface area contributed by atoms with E-state index in [2.05, 4.69) is 37.2 Å². The van der Waals surface area contributed by atoms with Crippen molar-refractivity contribution >= 4 is 71.4 Å². The molecule has 1 aliphatic heterocycles. The molecule has 8 heteroatoms. The summed E-state index contributed by atoms with van der Waals surface area (Å²) >= 11 is 7.95. The Bertz CT molecular complexity index is 858. The maximum Gasteiger partial charge on any atom is 0.324 e.